The highest BCUT2D eigenvalue weighted by Crippen LogP contribution is 2.42. The second-order valence-electron chi connectivity index (χ2n) is 5.38. The van der Waals surface area contributed by atoms with E-state index in [1.807, 2.05) is 0 Å². The Morgan fingerprint density at radius 1 is 1.35 bits per heavy atom. The van der Waals surface area contributed by atoms with Crippen LogP contribution in [0.2, 0.25) is 0 Å². The maximum absolute atomic E-state index is 12.2. The minimum absolute atomic E-state index is 0.105. The number of carbonyl (C=O) groups excluding carboxylic acids is 1. The van der Waals surface area contributed by atoms with Crippen LogP contribution in [0.1, 0.15) is 30.7 Å². The van der Waals surface area contributed by atoms with Crippen molar-refractivity contribution in [3.63, 3.8) is 0 Å². The number of aromatic nitrogens is 2. The highest BCUT2D eigenvalue weighted by Gasteiger charge is 2.48. The van der Waals surface area contributed by atoms with Crippen LogP contribution in [0.4, 0.5) is 0 Å². The first kappa shape index (κ1) is 14.5. The zero-order chi connectivity index (χ0) is 15.2. The largest absolute Gasteiger partial charge is 0.469 e. The summed E-state index contributed by atoms with van der Waals surface area (Å²) in [4.78, 5) is 36.0. The molecule has 0 unspecified atom stereocenters. The van der Waals surface area contributed by atoms with Gasteiger partial charge in [-0.3, -0.25) is 14.2 Å². The second kappa shape index (κ2) is 4.59. The van der Waals surface area contributed by atoms with Gasteiger partial charge >= 0.3 is 11.7 Å². The van der Waals surface area contributed by atoms with Crippen LogP contribution >= 0.6 is 0 Å². The van der Waals surface area contributed by atoms with Gasteiger partial charge in [0.25, 0.3) is 5.56 Å². The number of methoxy groups -OCH3 is 1. The van der Waals surface area contributed by atoms with Gasteiger partial charge < -0.3 is 14.4 Å². The fourth-order valence-corrected chi connectivity index (χ4v) is 2.77. The summed E-state index contributed by atoms with van der Waals surface area (Å²) in [6.45, 7) is 1.57. The van der Waals surface area contributed by atoms with Gasteiger partial charge in [-0.15, -0.1) is 0 Å². The van der Waals surface area contributed by atoms with Crippen molar-refractivity contribution >= 4 is 5.97 Å². The first-order valence-corrected chi connectivity index (χ1v) is 6.31. The summed E-state index contributed by atoms with van der Waals surface area (Å²) >= 11 is 0. The Morgan fingerprint density at radius 2 is 1.95 bits per heavy atom. The van der Waals surface area contributed by atoms with Crippen molar-refractivity contribution < 1.29 is 14.6 Å². The lowest BCUT2D eigenvalue weighted by Crippen LogP contribution is -2.48. The molecule has 2 atom stereocenters. The predicted octanol–water partition coefficient (Wildman–Crippen LogP) is -0.757. The van der Waals surface area contributed by atoms with Crippen LogP contribution < -0.4 is 11.2 Å². The SMILES string of the molecule is COC(=O)[C@]1(C)CCc2c(c(=O)n(C)c(=O)n2C)[C@@H]1O. The van der Waals surface area contributed by atoms with Crippen molar-refractivity contribution in [2.45, 2.75) is 25.9 Å². The lowest BCUT2D eigenvalue weighted by molar-refractivity contribution is -0.161. The summed E-state index contributed by atoms with van der Waals surface area (Å²) in [5.41, 5.74) is -1.60. The molecule has 7 heteroatoms. The van der Waals surface area contributed by atoms with Crippen LogP contribution in [0.5, 0.6) is 0 Å². The molecule has 0 spiro atoms. The van der Waals surface area contributed by atoms with Crippen LogP contribution in [0, 0.1) is 5.41 Å². The number of rotatable bonds is 1. The molecule has 0 bridgehead atoms. The van der Waals surface area contributed by atoms with Gasteiger partial charge in [0, 0.05) is 19.8 Å². The zero-order valence-corrected chi connectivity index (χ0v) is 12.0. The number of esters is 1. The Kier molecular flexibility index (Phi) is 3.33. The third-order valence-corrected chi connectivity index (χ3v) is 4.23. The number of hydrogen-bond donors (Lipinski definition) is 1. The highest BCUT2D eigenvalue weighted by atomic mass is 16.5. The van der Waals surface area contributed by atoms with Crippen molar-refractivity contribution in [3.05, 3.63) is 32.1 Å². The molecular formula is C13H18N2O5. The highest BCUT2D eigenvalue weighted by molar-refractivity contribution is 5.77. The van der Waals surface area contributed by atoms with Gasteiger partial charge in [0.05, 0.1) is 18.1 Å². The number of ether oxygens (including phenoxy) is 1. The fraction of sp³-hybridized carbons (Fsp3) is 0.615. The molecule has 0 radical (unpaired) electrons. The molecule has 0 aliphatic heterocycles. The fourth-order valence-electron chi connectivity index (χ4n) is 2.77. The topological polar surface area (TPSA) is 90.5 Å². The van der Waals surface area contributed by atoms with Crippen molar-refractivity contribution in [1.82, 2.24) is 9.13 Å². The summed E-state index contributed by atoms with van der Waals surface area (Å²) in [5, 5.41) is 10.5. The minimum atomic E-state index is -1.29. The number of hydrogen-bond acceptors (Lipinski definition) is 5. The van der Waals surface area contributed by atoms with Gasteiger partial charge in [0.1, 0.15) is 6.10 Å². The molecule has 1 aromatic heterocycles. The average molecular weight is 282 g/mol. The number of carbonyl (C=O) groups is 1. The number of fused-ring (bicyclic) bond motifs is 1. The van der Waals surface area contributed by atoms with E-state index in [2.05, 4.69) is 0 Å². The number of aliphatic hydroxyl groups excluding tert-OH is 1. The third kappa shape index (κ3) is 1.73. The molecule has 0 amide bonds. The van der Waals surface area contributed by atoms with Crippen LogP contribution in [0.25, 0.3) is 0 Å². The Hall–Kier alpha value is -1.89. The molecule has 7 nitrogen and oxygen atoms in total. The van der Waals surface area contributed by atoms with E-state index < -0.39 is 28.7 Å². The molecule has 1 aliphatic rings. The van der Waals surface area contributed by atoms with Gasteiger partial charge in [-0.2, -0.15) is 0 Å². The third-order valence-electron chi connectivity index (χ3n) is 4.23. The van der Waals surface area contributed by atoms with Crippen molar-refractivity contribution in [3.8, 4) is 0 Å². The van der Waals surface area contributed by atoms with Gasteiger partial charge in [-0.05, 0) is 19.8 Å². The van der Waals surface area contributed by atoms with Gasteiger partial charge in [-0.1, -0.05) is 0 Å². The molecule has 0 fully saturated rings. The second-order valence-corrected chi connectivity index (χ2v) is 5.38. The van der Waals surface area contributed by atoms with E-state index in [4.69, 9.17) is 4.74 Å². The first-order valence-electron chi connectivity index (χ1n) is 6.31. The quantitative estimate of drug-likeness (QED) is 0.684. The van der Waals surface area contributed by atoms with Crippen LogP contribution in [-0.4, -0.2) is 27.3 Å². The van der Waals surface area contributed by atoms with Gasteiger partial charge in [0.15, 0.2) is 0 Å². The minimum Gasteiger partial charge on any atom is -0.469 e. The van der Waals surface area contributed by atoms with E-state index >= 15 is 0 Å². The summed E-state index contributed by atoms with van der Waals surface area (Å²) < 4.78 is 7.01. The molecular weight excluding hydrogens is 264 g/mol. The zero-order valence-electron chi connectivity index (χ0n) is 12.0. The molecule has 0 aromatic carbocycles. The van der Waals surface area contributed by atoms with E-state index in [1.165, 1.54) is 18.7 Å². The monoisotopic (exact) mass is 282 g/mol. The molecule has 1 N–H and O–H groups in total. The molecule has 2 rings (SSSR count). The summed E-state index contributed by atoms with van der Waals surface area (Å²) in [7, 11) is 4.14. The van der Waals surface area contributed by atoms with Crippen LogP contribution in [0.15, 0.2) is 9.59 Å². The van der Waals surface area contributed by atoms with E-state index in [9.17, 15) is 19.5 Å². The number of aliphatic hydroxyl groups is 1. The number of nitrogens with zero attached hydrogens (tertiary/aromatic N) is 2. The van der Waals surface area contributed by atoms with E-state index in [0.29, 0.717) is 18.5 Å². The predicted molar refractivity (Wildman–Crippen MR) is 70.3 cm³/mol. The maximum atomic E-state index is 12.2. The summed E-state index contributed by atoms with van der Waals surface area (Å²) in [6.07, 6.45) is -0.613. The maximum Gasteiger partial charge on any atom is 0.330 e. The molecule has 110 valence electrons. The Balaban J connectivity index is 2.73. The van der Waals surface area contributed by atoms with E-state index in [0.717, 1.165) is 4.57 Å². The molecule has 0 saturated carbocycles. The van der Waals surface area contributed by atoms with E-state index in [-0.39, 0.29) is 5.56 Å². The molecule has 20 heavy (non-hydrogen) atoms. The lowest BCUT2D eigenvalue weighted by Gasteiger charge is -2.37. The Morgan fingerprint density at radius 3 is 2.50 bits per heavy atom. The average Bonchev–Trinajstić information content (AvgIpc) is 2.44. The van der Waals surface area contributed by atoms with Crippen molar-refractivity contribution in [2.75, 3.05) is 7.11 Å². The standard InChI is InChI=1S/C13H18N2O5/c1-13(11(18)20-4)6-5-7-8(9(13)16)10(17)15(3)12(19)14(7)2/h9,16H,5-6H2,1-4H3/t9-,13+/m0/s1. The normalized spacial score (nSPS) is 25.1. The van der Waals surface area contributed by atoms with Gasteiger partial charge in [0.2, 0.25) is 0 Å². The Labute approximate surface area is 115 Å². The summed E-state index contributed by atoms with van der Waals surface area (Å²) in [6, 6.07) is 0. The molecule has 1 aliphatic carbocycles. The molecule has 1 heterocycles. The first-order chi connectivity index (χ1) is 9.25. The molecule has 1 aromatic rings. The van der Waals surface area contributed by atoms with E-state index in [1.54, 1.807) is 14.0 Å². The van der Waals surface area contributed by atoms with Gasteiger partial charge in [-0.25, -0.2) is 4.79 Å². The molecule has 0 saturated heterocycles. The smallest absolute Gasteiger partial charge is 0.330 e. The van der Waals surface area contributed by atoms with Crippen molar-refractivity contribution in [1.29, 1.82) is 0 Å². The van der Waals surface area contributed by atoms with Crippen LogP contribution in [-0.2, 0) is 30.0 Å². The Bertz CT molecular complexity index is 687. The summed E-state index contributed by atoms with van der Waals surface area (Å²) in [5.74, 6) is -0.563. The van der Waals surface area contributed by atoms with Crippen molar-refractivity contribution in [2.24, 2.45) is 19.5 Å². The lowest BCUT2D eigenvalue weighted by atomic mass is 9.72. The van der Waals surface area contributed by atoms with Crippen LogP contribution in [0.3, 0.4) is 0 Å².